The molecule has 1 aromatic carbocycles. The van der Waals surface area contributed by atoms with Crippen LogP contribution in [0.3, 0.4) is 0 Å². The Hall–Kier alpha value is -3.31. The highest BCUT2D eigenvalue weighted by Gasteiger charge is 2.40. The van der Waals surface area contributed by atoms with Crippen molar-refractivity contribution in [2.45, 2.75) is 37.1 Å². The molecular formula is C27H28ClF6N7O3. The van der Waals surface area contributed by atoms with Crippen LogP contribution in [0.4, 0.5) is 32.2 Å². The molecule has 44 heavy (non-hydrogen) atoms. The van der Waals surface area contributed by atoms with E-state index in [4.69, 9.17) is 16.3 Å². The van der Waals surface area contributed by atoms with Gasteiger partial charge in [0.15, 0.2) is 0 Å². The van der Waals surface area contributed by atoms with Crippen LogP contribution < -0.4 is 15.5 Å². The highest BCUT2D eigenvalue weighted by Crippen LogP contribution is 2.30. The first-order valence-electron chi connectivity index (χ1n) is 13.7. The summed E-state index contributed by atoms with van der Waals surface area (Å²) in [5.74, 6) is -1.32. The van der Waals surface area contributed by atoms with Crippen molar-refractivity contribution in [2.24, 2.45) is 0 Å². The van der Waals surface area contributed by atoms with Crippen LogP contribution in [-0.4, -0.2) is 95.2 Å². The van der Waals surface area contributed by atoms with E-state index in [0.717, 1.165) is 12.4 Å². The Morgan fingerprint density at radius 2 is 1.77 bits per heavy atom. The van der Waals surface area contributed by atoms with E-state index in [2.05, 4.69) is 25.6 Å². The smallest absolute Gasteiger partial charge is 0.379 e. The molecule has 4 heterocycles. The van der Waals surface area contributed by atoms with E-state index in [9.17, 15) is 36.2 Å². The van der Waals surface area contributed by atoms with Crippen molar-refractivity contribution >= 4 is 34.2 Å². The standard InChI is InChI=1S/C27H28ClF6N7O3/c28-18-2-3-19-17(1-4-21(39-19)41-6-5-16(14-41)38-25(43)27(32,33)34)22(18)23(42)35-13-20(40-7-9-44-10-8-40)15-11-36-24(37-12-15)26(29,30)31/h1-4,11-12,16,20,25,38,43H,5-10,13-14H2,(H,35,42). The van der Waals surface area contributed by atoms with Crippen molar-refractivity contribution in [3.8, 4) is 0 Å². The number of alkyl halides is 6. The average molecular weight is 648 g/mol. The lowest BCUT2D eigenvalue weighted by Gasteiger charge is -2.34. The van der Waals surface area contributed by atoms with Gasteiger partial charge in [-0.05, 0) is 30.7 Å². The molecule has 1 amide bonds. The molecule has 2 fully saturated rings. The second kappa shape index (κ2) is 13.0. The van der Waals surface area contributed by atoms with Crippen molar-refractivity contribution < 1.29 is 41.0 Å². The molecule has 0 saturated carbocycles. The SMILES string of the molecule is O=C(NCC(c1cnc(C(F)(F)F)nc1)N1CCOCC1)c1c(Cl)ccc2nc(N3CCC(NC(O)C(F)(F)F)C3)ccc12. The fraction of sp³-hybridized carbons (Fsp3) is 0.481. The van der Waals surface area contributed by atoms with Crippen molar-refractivity contribution in [3.05, 3.63) is 58.6 Å². The fourth-order valence-corrected chi connectivity index (χ4v) is 5.53. The average Bonchev–Trinajstić information content (AvgIpc) is 3.45. The Kier molecular flexibility index (Phi) is 9.46. The molecule has 0 bridgehead atoms. The third kappa shape index (κ3) is 7.31. The molecule has 3 atom stereocenters. The number of fused-ring (bicyclic) bond motifs is 1. The van der Waals surface area contributed by atoms with E-state index in [1.54, 1.807) is 23.1 Å². The number of nitrogens with zero attached hydrogens (tertiary/aromatic N) is 5. The van der Waals surface area contributed by atoms with Gasteiger partial charge >= 0.3 is 12.4 Å². The first kappa shape index (κ1) is 32.1. The number of carbonyl (C=O) groups is 1. The molecule has 5 rings (SSSR count). The van der Waals surface area contributed by atoms with Gasteiger partial charge in [0.1, 0.15) is 5.82 Å². The van der Waals surface area contributed by atoms with E-state index in [-0.39, 0.29) is 23.7 Å². The van der Waals surface area contributed by atoms with Crippen LogP contribution in [0, 0.1) is 0 Å². The normalized spacial score (nSPS) is 19.7. The summed E-state index contributed by atoms with van der Waals surface area (Å²) in [6.07, 6.45) is -9.55. The molecule has 10 nitrogen and oxygen atoms in total. The zero-order valence-corrected chi connectivity index (χ0v) is 23.8. The Labute approximate surface area is 252 Å². The zero-order valence-electron chi connectivity index (χ0n) is 23.0. The maximum Gasteiger partial charge on any atom is 0.451 e. The molecule has 3 N–H and O–H groups in total. The number of nitrogens with one attached hydrogen (secondary N) is 2. The van der Waals surface area contributed by atoms with Crippen LogP contribution in [0.5, 0.6) is 0 Å². The van der Waals surface area contributed by atoms with E-state index in [0.29, 0.717) is 61.6 Å². The van der Waals surface area contributed by atoms with Gasteiger partial charge in [0.25, 0.3) is 5.91 Å². The molecule has 2 aliphatic heterocycles. The van der Waals surface area contributed by atoms with Crippen LogP contribution in [-0.2, 0) is 10.9 Å². The first-order chi connectivity index (χ1) is 20.8. The summed E-state index contributed by atoms with van der Waals surface area (Å²) >= 11 is 6.43. The van der Waals surface area contributed by atoms with Crippen LogP contribution >= 0.6 is 11.6 Å². The summed E-state index contributed by atoms with van der Waals surface area (Å²) in [6, 6.07) is 5.25. The summed E-state index contributed by atoms with van der Waals surface area (Å²) in [5.41, 5.74) is 0.947. The van der Waals surface area contributed by atoms with Crippen LogP contribution in [0.25, 0.3) is 10.9 Å². The third-order valence-corrected chi connectivity index (χ3v) is 7.82. The minimum Gasteiger partial charge on any atom is -0.379 e. The molecule has 3 aromatic rings. The molecule has 0 aliphatic carbocycles. The van der Waals surface area contributed by atoms with E-state index < -0.39 is 42.4 Å². The van der Waals surface area contributed by atoms with Crippen LogP contribution in [0.15, 0.2) is 36.7 Å². The lowest BCUT2D eigenvalue weighted by atomic mass is 10.1. The number of pyridine rings is 1. The summed E-state index contributed by atoms with van der Waals surface area (Å²) < 4.78 is 82.7. The molecule has 238 valence electrons. The van der Waals surface area contributed by atoms with Crippen LogP contribution in [0.2, 0.25) is 5.02 Å². The number of aliphatic hydroxyl groups is 1. The lowest BCUT2D eigenvalue weighted by molar-refractivity contribution is -0.215. The minimum atomic E-state index is -4.78. The van der Waals surface area contributed by atoms with Gasteiger partial charge in [-0.1, -0.05) is 11.6 Å². The molecule has 3 unspecified atom stereocenters. The highest BCUT2D eigenvalue weighted by atomic mass is 35.5. The number of rotatable bonds is 8. The van der Waals surface area contributed by atoms with Crippen molar-refractivity contribution in [1.29, 1.82) is 0 Å². The first-order valence-corrected chi connectivity index (χ1v) is 14.0. The van der Waals surface area contributed by atoms with E-state index >= 15 is 0 Å². The number of hydrogen-bond donors (Lipinski definition) is 3. The predicted molar refractivity (Wildman–Crippen MR) is 147 cm³/mol. The minimum absolute atomic E-state index is 0.0116. The number of aromatic nitrogens is 3. The number of aliphatic hydroxyl groups excluding tert-OH is 1. The monoisotopic (exact) mass is 647 g/mol. The van der Waals surface area contributed by atoms with Crippen molar-refractivity contribution in [2.75, 3.05) is 50.8 Å². The van der Waals surface area contributed by atoms with Gasteiger partial charge in [-0.2, -0.15) is 26.3 Å². The van der Waals surface area contributed by atoms with E-state index in [1.165, 1.54) is 6.07 Å². The topological polar surface area (TPSA) is 116 Å². The quantitative estimate of drug-likeness (QED) is 0.249. The van der Waals surface area contributed by atoms with Gasteiger partial charge in [0.05, 0.1) is 35.4 Å². The maximum atomic E-state index is 13.5. The Morgan fingerprint density at radius 1 is 1.07 bits per heavy atom. The van der Waals surface area contributed by atoms with Crippen molar-refractivity contribution in [1.82, 2.24) is 30.5 Å². The number of amides is 1. The molecule has 17 heteroatoms. The van der Waals surface area contributed by atoms with E-state index in [1.807, 2.05) is 4.90 Å². The summed E-state index contributed by atoms with van der Waals surface area (Å²) in [4.78, 5) is 28.7. The number of benzene rings is 1. The molecule has 2 saturated heterocycles. The van der Waals surface area contributed by atoms with Crippen molar-refractivity contribution in [3.63, 3.8) is 0 Å². The summed E-state index contributed by atoms with van der Waals surface area (Å²) in [5, 5.41) is 14.9. The highest BCUT2D eigenvalue weighted by molar-refractivity contribution is 6.35. The molecule has 0 spiro atoms. The third-order valence-electron chi connectivity index (χ3n) is 7.50. The second-order valence-corrected chi connectivity index (χ2v) is 10.8. The van der Waals surface area contributed by atoms with Gasteiger partial charge in [-0.15, -0.1) is 0 Å². The zero-order chi connectivity index (χ0) is 31.6. The van der Waals surface area contributed by atoms with Gasteiger partial charge in [-0.3, -0.25) is 15.0 Å². The van der Waals surface area contributed by atoms with Gasteiger partial charge < -0.3 is 20.1 Å². The summed E-state index contributed by atoms with van der Waals surface area (Å²) in [7, 11) is 0. The summed E-state index contributed by atoms with van der Waals surface area (Å²) in [6.45, 7) is 2.37. The van der Waals surface area contributed by atoms with Crippen LogP contribution in [0.1, 0.15) is 34.2 Å². The van der Waals surface area contributed by atoms with Gasteiger partial charge in [-0.25, -0.2) is 15.0 Å². The second-order valence-electron chi connectivity index (χ2n) is 10.4. The van der Waals surface area contributed by atoms with Gasteiger partial charge in [0.2, 0.25) is 12.1 Å². The number of ether oxygens (including phenoxy) is 1. The number of carbonyl (C=O) groups excluding carboxylic acids is 1. The number of halogens is 7. The molecule has 2 aromatic heterocycles. The Bertz CT molecular complexity index is 1470. The molecule has 0 radical (unpaired) electrons. The van der Waals surface area contributed by atoms with Gasteiger partial charge in [0, 0.05) is 62.1 Å². The molecule has 2 aliphatic rings. The predicted octanol–water partition coefficient (Wildman–Crippen LogP) is 3.55. The lowest BCUT2D eigenvalue weighted by Crippen LogP contribution is -2.48. The fourth-order valence-electron chi connectivity index (χ4n) is 5.28. The number of hydrogen-bond acceptors (Lipinski definition) is 9. The number of morpholine rings is 1. The number of anilines is 1. The molecular weight excluding hydrogens is 620 g/mol. The Balaban J connectivity index is 1.32. The maximum absolute atomic E-state index is 13.5. The Morgan fingerprint density at radius 3 is 2.43 bits per heavy atom. The largest absolute Gasteiger partial charge is 0.451 e.